The molecule has 3 rings (SSSR count). The van der Waals surface area contributed by atoms with Crippen molar-refractivity contribution in [3.8, 4) is 10.6 Å². The molecular weight excluding hydrogens is 286 g/mol. The number of rotatable bonds is 2. The Bertz CT molecular complexity index is 813. The molecule has 0 saturated carbocycles. The summed E-state index contributed by atoms with van der Waals surface area (Å²) in [6.07, 6.45) is 0. The van der Waals surface area contributed by atoms with E-state index in [1.165, 1.54) is 4.52 Å². The van der Waals surface area contributed by atoms with Crippen molar-refractivity contribution in [1.82, 2.24) is 14.6 Å². The van der Waals surface area contributed by atoms with Crippen LogP contribution < -0.4 is 0 Å². The maximum Gasteiger partial charge on any atom is 0.354 e. The van der Waals surface area contributed by atoms with E-state index >= 15 is 0 Å². The van der Waals surface area contributed by atoms with Gasteiger partial charge in [0.1, 0.15) is 5.69 Å². The van der Waals surface area contributed by atoms with Crippen molar-refractivity contribution < 1.29 is 9.90 Å². The summed E-state index contributed by atoms with van der Waals surface area (Å²) in [4.78, 5) is 17.1. The molecule has 0 fully saturated rings. The first-order valence-corrected chi connectivity index (χ1v) is 7.43. The number of carboxylic acids is 1. The Morgan fingerprint density at radius 1 is 1.33 bits per heavy atom. The number of hydrogen-bond acceptors (Lipinski definition) is 4. The lowest BCUT2D eigenvalue weighted by atomic mass is 9.91. The van der Waals surface area contributed by atoms with Gasteiger partial charge in [-0.1, -0.05) is 26.8 Å². The highest BCUT2D eigenvalue weighted by Gasteiger charge is 2.22. The second-order valence-corrected chi connectivity index (χ2v) is 6.81. The van der Waals surface area contributed by atoms with Gasteiger partial charge in [0.15, 0.2) is 11.3 Å². The van der Waals surface area contributed by atoms with Gasteiger partial charge in [0, 0.05) is 11.5 Å². The number of aromatic nitrogens is 3. The van der Waals surface area contributed by atoms with Gasteiger partial charge in [0.2, 0.25) is 0 Å². The van der Waals surface area contributed by atoms with Crippen LogP contribution in [0.2, 0.25) is 0 Å². The van der Waals surface area contributed by atoms with E-state index in [9.17, 15) is 9.90 Å². The second-order valence-electron chi connectivity index (χ2n) is 5.86. The van der Waals surface area contributed by atoms with Crippen molar-refractivity contribution in [3.05, 3.63) is 41.0 Å². The summed E-state index contributed by atoms with van der Waals surface area (Å²) < 4.78 is 1.40. The number of nitrogens with zero attached hydrogens (tertiary/aromatic N) is 3. The highest BCUT2D eigenvalue weighted by Crippen LogP contribution is 2.27. The Hall–Kier alpha value is -2.21. The van der Waals surface area contributed by atoms with E-state index in [-0.39, 0.29) is 11.1 Å². The van der Waals surface area contributed by atoms with Gasteiger partial charge in [-0.3, -0.25) is 0 Å². The van der Waals surface area contributed by atoms with E-state index in [1.54, 1.807) is 17.4 Å². The summed E-state index contributed by atoms with van der Waals surface area (Å²) in [5.74, 6) is -1.01. The minimum atomic E-state index is -1.01. The molecule has 0 radical (unpaired) electrons. The summed E-state index contributed by atoms with van der Waals surface area (Å²) in [7, 11) is 0. The number of carbonyl (C=O) groups is 1. The Morgan fingerprint density at radius 2 is 2.10 bits per heavy atom. The molecule has 1 N–H and O–H groups in total. The first-order valence-electron chi connectivity index (χ1n) is 6.55. The van der Waals surface area contributed by atoms with Crippen molar-refractivity contribution in [3.63, 3.8) is 0 Å². The van der Waals surface area contributed by atoms with E-state index in [2.05, 4.69) is 10.1 Å². The third-order valence-electron chi connectivity index (χ3n) is 3.19. The van der Waals surface area contributed by atoms with Gasteiger partial charge >= 0.3 is 5.97 Å². The molecule has 0 spiro atoms. The van der Waals surface area contributed by atoms with Crippen LogP contribution in [0.15, 0.2) is 29.6 Å². The van der Waals surface area contributed by atoms with Gasteiger partial charge < -0.3 is 5.11 Å². The van der Waals surface area contributed by atoms with Crippen LogP contribution in [-0.4, -0.2) is 25.7 Å². The zero-order valence-corrected chi connectivity index (χ0v) is 12.8. The fourth-order valence-corrected chi connectivity index (χ4v) is 2.74. The molecule has 0 atom stereocenters. The molecule has 3 heterocycles. The van der Waals surface area contributed by atoms with Crippen LogP contribution >= 0.6 is 11.3 Å². The normalized spacial score (nSPS) is 12.0. The van der Waals surface area contributed by atoms with Gasteiger partial charge in [-0.25, -0.2) is 14.3 Å². The average Bonchev–Trinajstić information content (AvgIpc) is 3.04. The number of hydrogen-bond donors (Lipinski definition) is 1. The van der Waals surface area contributed by atoms with Crippen molar-refractivity contribution in [2.24, 2.45) is 0 Å². The highest BCUT2D eigenvalue weighted by molar-refractivity contribution is 7.13. The Balaban J connectivity index is 2.28. The molecular formula is C15H15N3O2S. The molecule has 6 heteroatoms. The van der Waals surface area contributed by atoms with Crippen LogP contribution in [0, 0.1) is 0 Å². The summed E-state index contributed by atoms with van der Waals surface area (Å²) in [5.41, 5.74) is 1.95. The molecule has 0 aliphatic rings. The fraction of sp³-hybridized carbons (Fsp3) is 0.267. The van der Waals surface area contributed by atoms with Crippen LogP contribution in [-0.2, 0) is 5.41 Å². The fourth-order valence-electron chi connectivity index (χ4n) is 2.06. The largest absolute Gasteiger partial charge is 0.477 e. The first kappa shape index (κ1) is 13.8. The van der Waals surface area contributed by atoms with Crippen LogP contribution in [0.1, 0.15) is 37.0 Å². The highest BCUT2D eigenvalue weighted by atomic mass is 32.1. The molecule has 108 valence electrons. The molecule has 0 bridgehead atoms. The second kappa shape index (κ2) is 4.66. The molecule has 5 nitrogen and oxygen atoms in total. The molecule has 0 aliphatic heterocycles. The van der Waals surface area contributed by atoms with Crippen LogP contribution in [0.25, 0.3) is 16.2 Å². The Kier molecular flexibility index (Phi) is 3.06. The van der Waals surface area contributed by atoms with Gasteiger partial charge in [0.25, 0.3) is 0 Å². The molecule has 0 unspecified atom stereocenters. The minimum absolute atomic E-state index is 0.132. The standard InChI is InChI=1S/C15H15N3O2S/c1-15(2,3)12-8-10(14(19)20)18-13(16-12)7-9(17-18)11-5-4-6-21-11/h4-8H,1-3H3,(H,19,20). The van der Waals surface area contributed by atoms with Gasteiger partial charge in [0.05, 0.1) is 10.6 Å². The summed E-state index contributed by atoms with van der Waals surface area (Å²) in [6.45, 7) is 6.02. The van der Waals surface area contributed by atoms with Crippen molar-refractivity contribution in [1.29, 1.82) is 0 Å². The zero-order valence-electron chi connectivity index (χ0n) is 12.0. The predicted molar refractivity (Wildman–Crippen MR) is 82.0 cm³/mol. The smallest absolute Gasteiger partial charge is 0.354 e. The molecule has 0 aromatic carbocycles. The van der Waals surface area contributed by atoms with Gasteiger partial charge in [-0.15, -0.1) is 11.3 Å². The van der Waals surface area contributed by atoms with Crippen LogP contribution in [0.5, 0.6) is 0 Å². The minimum Gasteiger partial charge on any atom is -0.477 e. The lowest BCUT2D eigenvalue weighted by Gasteiger charge is -2.18. The lowest BCUT2D eigenvalue weighted by Crippen LogP contribution is -2.17. The number of carboxylic acid groups (broad SMARTS) is 1. The number of aromatic carboxylic acids is 1. The summed E-state index contributed by atoms with van der Waals surface area (Å²) >= 11 is 1.56. The molecule has 3 aromatic rings. The third kappa shape index (κ3) is 2.42. The summed E-state index contributed by atoms with van der Waals surface area (Å²) in [6, 6.07) is 7.32. The van der Waals surface area contributed by atoms with E-state index in [0.29, 0.717) is 5.65 Å². The zero-order chi connectivity index (χ0) is 15.2. The Labute approximate surface area is 125 Å². The predicted octanol–water partition coefficient (Wildman–Crippen LogP) is 3.45. The summed E-state index contributed by atoms with van der Waals surface area (Å²) in [5, 5.41) is 15.8. The van der Waals surface area contributed by atoms with Crippen molar-refractivity contribution in [2.75, 3.05) is 0 Å². The SMILES string of the molecule is CC(C)(C)c1cc(C(=O)O)n2nc(-c3cccs3)cc2n1. The molecule has 0 amide bonds. The Morgan fingerprint density at radius 3 is 2.67 bits per heavy atom. The third-order valence-corrected chi connectivity index (χ3v) is 4.08. The average molecular weight is 301 g/mol. The molecule has 0 saturated heterocycles. The van der Waals surface area contributed by atoms with E-state index in [1.807, 2.05) is 44.4 Å². The lowest BCUT2D eigenvalue weighted by molar-refractivity contribution is 0.0687. The van der Waals surface area contributed by atoms with Crippen molar-refractivity contribution >= 4 is 23.0 Å². The van der Waals surface area contributed by atoms with Crippen molar-refractivity contribution in [2.45, 2.75) is 26.2 Å². The maximum absolute atomic E-state index is 11.5. The number of thiophene rings is 1. The van der Waals surface area contributed by atoms with Gasteiger partial charge in [-0.2, -0.15) is 5.10 Å². The van der Waals surface area contributed by atoms with E-state index in [0.717, 1.165) is 16.3 Å². The van der Waals surface area contributed by atoms with E-state index in [4.69, 9.17) is 0 Å². The van der Waals surface area contributed by atoms with Gasteiger partial charge in [-0.05, 0) is 17.5 Å². The molecule has 3 aromatic heterocycles. The number of fused-ring (bicyclic) bond motifs is 1. The maximum atomic E-state index is 11.5. The monoisotopic (exact) mass is 301 g/mol. The van der Waals surface area contributed by atoms with Crippen LogP contribution in [0.3, 0.4) is 0 Å². The van der Waals surface area contributed by atoms with Crippen LogP contribution in [0.4, 0.5) is 0 Å². The molecule has 21 heavy (non-hydrogen) atoms. The van der Waals surface area contributed by atoms with E-state index < -0.39 is 5.97 Å². The topological polar surface area (TPSA) is 67.5 Å². The quantitative estimate of drug-likeness (QED) is 0.787. The first-order chi connectivity index (χ1) is 9.86. The molecule has 0 aliphatic carbocycles.